The zero-order valence-corrected chi connectivity index (χ0v) is 9.38. The Balaban J connectivity index is 2.39. The van der Waals surface area contributed by atoms with E-state index in [0.29, 0.717) is 17.5 Å². The predicted octanol–water partition coefficient (Wildman–Crippen LogP) is 0.104. The standard InChI is InChI=1S/C12H10N4O2/c13-5-10(15-7-17)4-9-3-8-1-2-14-6-11(8)16-12(9)18/h1-3,6-7,10H,4H2,(H,15,17)(H,16,18). The molecule has 0 aliphatic rings. The van der Waals surface area contributed by atoms with Crippen LogP contribution in [0.1, 0.15) is 5.56 Å². The van der Waals surface area contributed by atoms with Gasteiger partial charge in [0.05, 0.1) is 17.8 Å². The van der Waals surface area contributed by atoms with Gasteiger partial charge in [0.1, 0.15) is 6.04 Å². The van der Waals surface area contributed by atoms with Crippen LogP contribution in [-0.4, -0.2) is 22.4 Å². The molecule has 2 rings (SSSR count). The summed E-state index contributed by atoms with van der Waals surface area (Å²) in [5.74, 6) is 0. The van der Waals surface area contributed by atoms with Crippen LogP contribution in [-0.2, 0) is 11.2 Å². The molecule has 2 heterocycles. The number of amides is 1. The summed E-state index contributed by atoms with van der Waals surface area (Å²) < 4.78 is 0. The van der Waals surface area contributed by atoms with E-state index in [2.05, 4.69) is 15.3 Å². The number of nitriles is 1. The van der Waals surface area contributed by atoms with Crippen molar-refractivity contribution in [3.63, 3.8) is 0 Å². The lowest BCUT2D eigenvalue weighted by atomic mass is 10.1. The quantitative estimate of drug-likeness (QED) is 0.743. The second-order valence-electron chi connectivity index (χ2n) is 3.76. The maximum absolute atomic E-state index is 11.8. The summed E-state index contributed by atoms with van der Waals surface area (Å²) >= 11 is 0. The second-order valence-corrected chi connectivity index (χ2v) is 3.76. The van der Waals surface area contributed by atoms with Gasteiger partial charge in [-0.15, -0.1) is 0 Å². The van der Waals surface area contributed by atoms with Gasteiger partial charge in [0, 0.05) is 23.6 Å². The molecule has 2 aromatic heterocycles. The number of rotatable bonds is 4. The van der Waals surface area contributed by atoms with Gasteiger partial charge in [-0.3, -0.25) is 14.6 Å². The minimum absolute atomic E-state index is 0.169. The zero-order valence-electron chi connectivity index (χ0n) is 9.38. The Morgan fingerprint density at radius 1 is 1.61 bits per heavy atom. The van der Waals surface area contributed by atoms with Crippen LogP contribution in [0.5, 0.6) is 0 Å². The third-order valence-electron chi connectivity index (χ3n) is 2.57. The smallest absolute Gasteiger partial charge is 0.251 e. The van der Waals surface area contributed by atoms with Gasteiger partial charge in [-0.25, -0.2) is 0 Å². The highest BCUT2D eigenvalue weighted by molar-refractivity contribution is 5.77. The molecule has 0 spiro atoms. The summed E-state index contributed by atoms with van der Waals surface area (Å²) in [5, 5.41) is 12.0. The van der Waals surface area contributed by atoms with Gasteiger partial charge < -0.3 is 10.3 Å². The van der Waals surface area contributed by atoms with E-state index < -0.39 is 6.04 Å². The van der Waals surface area contributed by atoms with Gasteiger partial charge in [-0.05, 0) is 12.1 Å². The first-order chi connectivity index (χ1) is 8.74. The molecular weight excluding hydrogens is 232 g/mol. The lowest BCUT2D eigenvalue weighted by molar-refractivity contribution is -0.109. The van der Waals surface area contributed by atoms with Gasteiger partial charge in [-0.1, -0.05) is 0 Å². The van der Waals surface area contributed by atoms with Crippen LogP contribution < -0.4 is 10.9 Å². The van der Waals surface area contributed by atoms with Crippen molar-refractivity contribution < 1.29 is 4.79 Å². The van der Waals surface area contributed by atoms with E-state index in [1.807, 2.05) is 6.07 Å². The molecule has 0 aromatic carbocycles. The molecule has 0 radical (unpaired) electrons. The highest BCUT2D eigenvalue weighted by Crippen LogP contribution is 2.09. The Morgan fingerprint density at radius 2 is 2.44 bits per heavy atom. The minimum Gasteiger partial charge on any atom is -0.343 e. The molecule has 18 heavy (non-hydrogen) atoms. The van der Waals surface area contributed by atoms with Gasteiger partial charge in [0.2, 0.25) is 6.41 Å². The van der Waals surface area contributed by atoms with E-state index in [1.165, 1.54) is 0 Å². The second kappa shape index (κ2) is 5.10. The molecule has 0 bridgehead atoms. The summed E-state index contributed by atoms with van der Waals surface area (Å²) in [6.07, 6.45) is 3.80. The Hall–Kier alpha value is -2.68. The number of pyridine rings is 2. The Morgan fingerprint density at radius 3 is 3.17 bits per heavy atom. The molecule has 0 saturated heterocycles. The number of fused-ring (bicyclic) bond motifs is 1. The van der Waals surface area contributed by atoms with Gasteiger partial charge in [-0.2, -0.15) is 5.26 Å². The highest BCUT2D eigenvalue weighted by Gasteiger charge is 2.10. The molecule has 6 heteroatoms. The van der Waals surface area contributed by atoms with E-state index in [4.69, 9.17) is 5.26 Å². The summed E-state index contributed by atoms with van der Waals surface area (Å²) in [5.41, 5.74) is 0.821. The molecule has 1 amide bonds. The highest BCUT2D eigenvalue weighted by atomic mass is 16.1. The maximum atomic E-state index is 11.8. The van der Waals surface area contributed by atoms with Crippen LogP contribution in [0.25, 0.3) is 10.9 Å². The van der Waals surface area contributed by atoms with Crippen molar-refractivity contribution >= 4 is 17.3 Å². The minimum atomic E-state index is -0.706. The van der Waals surface area contributed by atoms with Gasteiger partial charge in [0.25, 0.3) is 5.56 Å². The van der Waals surface area contributed by atoms with Gasteiger partial charge >= 0.3 is 0 Å². The van der Waals surface area contributed by atoms with E-state index in [9.17, 15) is 9.59 Å². The third-order valence-corrected chi connectivity index (χ3v) is 2.57. The number of aromatic amines is 1. The van der Waals surface area contributed by atoms with Crippen LogP contribution in [0.2, 0.25) is 0 Å². The fourth-order valence-electron chi connectivity index (χ4n) is 1.69. The molecule has 2 N–H and O–H groups in total. The van der Waals surface area contributed by atoms with E-state index >= 15 is 0 Å². The van der Waals surface area contributed by atoms with Crippen LogP contribution in [0.3, 0.4) is 0 Å². The number of carbonyl (C=O) groups is 1. The monoisotopic (exact) mass is 242 g/mol. The molecule has 1 unspecified atom stereocenters. The van der Waals surface area contributed by atoms with Crippen molar-refractivity contribution in [2.45, 2.75) is 12.5 Å². The average Bonchev–Trinajstić information content (AvgIpc) is 2.39. The number of hydrogen-bond donors (Lipinski definition) is 2. The molecule has 2 aromatic rings. The normalized spacial score (nSPS) is 11.7. The molecule has 0 aliphatic heterocycles. The molecule has 0 saturated carbocycles. The fraction of sp³-hybridized carbons (Fsp3) is 0.167. The summed E-state index contributed by atoms with van der Waals surface area (Å²) in [4.78, 5) is 28.7. The Labute approximate surface area is 102 Å². The number of nitrogens with one attached hydrogen (secondary N) is 2. The fourth-order valence-corrected chi connectivity index (χ4v) is 1.69. The first-order valence-corrected chi connectivity index (χ1v) is 5.30. The van der Waals surface area contributed by atoms with E-state index in [1.54, 1.807) is 24.5 Å². The first-order valence-electron chi connectivity index (χ1n) is 5.30. The van der Waals surface area contributed by atoms with Gasteiger partial charge in [0.15, 0.2) is 0 Å². The Bertz CT molecular complexity index is 672. The predicted molar refractivity (Wildman–Crippen MR) is 64.7 cm³/mol. The van der Waals surface area contributed by atoms with Crippen LogP contribution in [0.4, 0.5) is 0 Å². The van der Waals surface area contributed by atoms with Crippen molar-refractivity contribution in [2.24, 2.45) is 0 Å². The van der Waals surface area contributed by atoms with Crippen molar-refractivity contribution in [1.82, 2.24) is 15.3 Å². The summed E-state index contributed by atoms with van der Waals surface area (Å²) in [7, 11) is 0. The van der Waals surface area contributed by atoms with Crippen molar-refractivity contribution in [1.29, 1.82) is 5.26 Å². The lowest BCUT2D eigenvalue weighted by Crippen LogP contribution is -2.30. The SMILES string of the molecule is N#CC(Cc1cc2ccncc2[nH]c1=O)NC=O. The summed E-state index contributed by atoms with van der Waals surface area (Å²) in [6.45, 7) is 0. The van der Waals surface area contributed by atoms with Crippen LogP contribution in [0.15, 0.2) is 29.3 Å². The third kappa shape index (κ3) is 2.35. The maximum Gasteiger partial charge on any atom is 0.251 e. The largest absolute Gasteiger partial charge is 0.343 e. The lowest BCUT2D eigenvalue weighted by Gasteiger charge is -2.07. The number of nitrogens with zero attached hydrogens (tertiary/aromatic N) is 2. The first kappa shape index (κ1) is 11.8. The Kier molecular flexibility index (Phi) is 3.34. The molecule has 90 valence electrons. The van der Waals surface area contributed by atoms with E-state index in [0.717, 1.165) is 5.39 Å². The zero-order chi connectivity index (χ0) is 13.0. The van der Waals surface area contributed by atoms with E-state index in [-0.39, 0.29) is 12.0 Å². The molecule has 6 nitrogen and oxygen atoms in total. The molecule has 0 aliphatic carbocycles. The van der Waals surface area contributed by atoms with Crippen molar-refractivity contribution in [3.05, 3.63) is 40.4 Å². The molecule has 0 fully saturated rings. The number of aromatic nitrogens is 2. The number of carbonyl (C=O) groups excluding carboxylic acids is 1. The number of H-pyrrole nitrogens is 1. The number of hydrogen-bond acceptors (Lipinski definition) is 4. The van der Waals surface area contributed by atoms with Crippen LogP contribution in [0, 0.1) is 11.3 Å². The average molecular weight is 242 g/mol. The molecular formula is C12H10N4O2. The topological polar surface area (TPSA) is 98.6 Å². The summed E-state index contributed by atoms with van der Waals surface area (Å²) in [6, 6.07) is 4.68. The molecule has 1 atom stereocenters. The van der Waals surface area contributed by atoms with Crippen LogP contribution >= 0.6 is 0 Å². The van der Waals surface area contributed by atoms with Crippen molar-refractivity contribution in [3.8, 4) is 6.07 Å². The van der Waals surface area contributed by atoms with Crippen molar-refractivity contribution in [2.75, 3.05) is 0 Å².